The maximum atomic E-state index is 11.7. The van der Waals surface area contributed by atoms with E-state index in [0.717, 1.165) is 24.1 Å². The third kappa shape index (κ3) is 2.07. The lowest BCUT2D eigenvalue weighted by Crippen LogP contribution is -2.30. The van der Waals surface area contributed by atoms with E-state index in [2.05, 4.69) is 6.92 Å². The first-order valence-electron chi connectivity index (χ1n) is 5.57. The molecule has 0 bridgehead atoms. The lowest BCUT2D eigenvalue weighted by Gasteiger charge is -2.22. The Balaban J connectivity index is 2.56. The van der Waals surface area contributed by atoms with Gasteiger partial charge in [0.1, 0.15) is 0 Å². The number of sulfonamides is 1. The van der Waals surface area contributed by atoms with Crippen LogP contribution in [0.5, 0.6) is 0 Å². The molecule has 16 heavy (non-hydrogen) atoms. The van der Waals surface area contributed by atoms with Crippen LogP contribution < -0.4 is 4.31 Å². The average Bonchev–Trinajstić information content (AvgIpc) is 2.38. The van der Waals surface area contributed by atoms with Gasteiger partial charge in [-0.2, -0.15) is 0 Å². The fraction of sp³-hybridized carbons (Fsp3) is 0.500. The fourth-order valence-electron chi connectivity index (χ4n) is 2.29. The van der Waals surface area contributed by atoms with Gasteiger partial charge >= 0.3 is 0 Å². The third-order valence-electron chi connectivity index (χ3n) is 3.14. The van der Waals surface area contributed by atoms with E-state index in [4.69, 9.17) is 0 Å². The molecule has 0 spiro atoms. The number of nitrogens with zero attached hydrogens (tertiary/aromatic N) is 1. The zero-order valence-corrected chi connectivity index (χ0v) is 10.5. The summed E-state index contributed by atoms with van der Waals surface area (Å²) in [7, 11) is -3.15. The summed E-state index contributed by atoms with van der Waals surface area (Å²) in [4.78, 5) is 0. The highest BCUT2D eigenvalue weighted by molar-refractivity contribution is 7.92. The van der Waals surface area contributed by atoms with Gasteiger partial charge < -0.3 is 0 Å². The monoisotopic (exact) mass is 239 g/mol. The summed E-state index contributed by atoms with van der Waals surface area (Å²) in [5.74, 6) is 0.433. The quantitative estimate of drug-likeness (QED) is 0.754. The molecule has 0 aliphatic carbocycles. The van der Waals surface area contributed by atoms with Gasteiger partial charge in [0.2, 0.25) is 10.0 Å². The standard InChI is InChI=1S/C12H17NO2S/c1-10-6-5-9-13(16(2,14)15)12-8-4-3-7-11(10)12/h3-4,7-8,10H,5-6,9H2,1-2H3. The maximum Gasteiger partial charge on any atom is 0.232 e. The minimum Gasteiger partial charge on any atom is -0.270 e. The Kier molecular flexibility index (Phi) is 2.93. The van der Waals surface area contributed by atoms with Gasteiger partial charge in [-0.05, 0) is 30.4 Å². The van der Waals surface area contributed by atoms with Crippen molar-refractivity contribution in [2.75, 3.05) is 17.1 Å². The van der Waals surface area contributed by atoms with Crippen LogP contribution in [0, 0.1) is 0 Å². The van der Waals surface area contributed by atoms with E-state index in [1.807, 2.05) is 24.3 Å². The minimum absolute atomic E-state index is 0.433. The number of fused-ring (bicyclic) bond motifs is 1. The van der Waals surface area contributed by atoms with Gasteiger partial charge in [-0.3, -0.25) is 4.31 Å². The Morgan fingerprint density at radius 3 is 2.69 bits per heavy atom. The van der Waals surface area contributed by atoms with Crippen molar-refractivity contribution < 1.29 is 8.42 Å². The summed E-state index contributed by atoms with van der Waals surface area (Å²) in [5, 5.41) is 0. The second kappa shape index (κ2) is 4.09. The van der Waals surface area contributed by atoms with E-state index in [1.54, 1.807) is 0 Å². The van der Waals surface area contributed by atoms with Crippen LogP contribution in [0.1, 0.15) is 31.2 Å². The maximum absolute atomic E-state index is 11.7. The summed E-state index contributed by atoms with van der Waals surface area (Å²) in [6, 6.07) is 7.80. The lowest BCUT2D eigenvalue weighted by molar-refractivity contribution is 0.593. The summed E-state index contributed by atoms with van der Waals surface area (Å²) in [6.07, 6.45) is 3.24. The number of para-hydroxylation sites is 1. The molecule has 4 heteroatoms. The number of benzene rings is 1. The molecule has 1 atom stereocenters. The highest BCUT2D eigenvalue weighted by Gasteiger charge is 2.24. The first-order chi connectivity index (χ1) is 7.50. The molecule has 0 amide bonds. The number of hydrogen-bond acceptors (Lipinski definition) is 2. The van der Waals surface area contributed by atoms with Gasteiger partial charge in [0.25, 0.3) is 0 Å². The SMILES string of the molecule is CC1CCCN(S(C)(=O)=O)c2ccccc21. The molecule has 1 aliphatic rings. The summed E-state index contributed by atoms with van der Waals surface area (Å²) in [5.41, 5.74) is 2.00. The molecule has 0 saturated heterocycles. The zero-order valence-electron chi connectivity index (χ0n) is 9.68. The first kappa shape index (κ1) is 11.5. The van der Waals surface area contributed by atoms with Crippen LogP contribution in [0.2, 0.25) is 0 Å². The Hall–Kier alpha value is -1.03. The highest BCUT2D eigenvalue weighted by atomic mass is 32.2. The molecule has 1 unspecified atom stereocenters. The van der Waals surface area contributed by atoms with Crippen molar-refractivity contribution in [1.29, 1.82) is 0 Å². The average molecular weight is 239 g/mol. The molecule has 1 heterocycles. The van der Waals surface area contributed by atoms with Crippen molar-refractivity contribution >= 4 is 15.7 Å². The second-order valence-electron chi connectivity index (χ2n) is 4.44. The van der Waals surface area contributed by atoms with Crippen LogP contribution in [0.25, 0.3) is 0 Å². The van der Waals surface area contributed by atoms with E-state index < -0.39 is 10.0 Å². The van der Waals surface area contributed by atoms with Crippen molar-refractivity contribution in [2.24, 2.45) is 0 Å². The lowest BCUT2D eigenvalue weighted by atomic mass is 9.96. The molecule has 1 aromatic carbocycles. The Morgan fingerprint density at radius 2 is 2.00 bits per heavy atom. The topological polar surface area (TPSA) is 37.4 Å². The van der Waals surface area contributed by atoms with Gasteiger partial charge in [-0.25, -0.2) is 8.42 Å². The molecule has 0 aromatic heterocycles. The van der Waals surface area contributed by atoms with E-state index in [9.17, 15) is 8.42 Å². The Labute approximate surface area is 97.1 Å². The molecule has 3 nitrogen and oxygen atoms in total. The van der Waals surface area contributed by atoms with Gasteiger partial charge in [0, 0.05) is 6.54 Å². The van der Waals surface area contributed by atoms with Crippen molar-refractivity contribution in [3.05, 3.63) is 29.8 Å². The molecule has 2 rings (SSSR count). The molecule has 0 fully saturated rings. The predicted octanol–water partition coefficient (Wildman–Crippen LogP) is 2.35. The van der Waals surface area contributed by atoms with Crippen molar-refractivity contribution in [3.8, 4) is 0 Å². The summed E-state index contributed by atoms with van der Waals surface area (Å²) < 4.78 is 25.0. The fourth-order valence-corrected chi connectivity index (χ4v) is 3.28. The molecular weight excluding hydrogens is 222 g/mol. The van der Waals surface area contributed by atoms with E-state index in [1.165, 1.54) is 10.6 Å². The first-order valence-corrected chi connectivity index (χ1v) is 7.41. The van der Waals surface area contributed by atoms with Crippen LogP contribution in [0.3, 0.4) is 0 Å². The molecule has 88 valence electrons. The molecule has 0 radical (unpaired) electrons. The predicted molar refractivity (Wildman–Crippen MR) is 66.3 cm³/mol. The minimum atomic E-state index is -3.15. The second-order valence-corrected chi connectivity index (χ2v) is 6.34. The third-order valence-corrected chi connectivity index (χ3v) is 4.31. The Bertz CT molecular complexity index is 482. The molecule has 0 N–H and O–H groups in total. The Morgan fingerprint density at radius 1 is 1.31 bits per heavy atom. The summed E-state index contributed by atoms with van der Waals surface area (Å²) in [6.45, 7) is 2.75. The van der Waals surface area contributed by atoms with Crippen LogP contribution in [-0.2, 0) is 10.0 Å². The smallest absolute Gasteiger partial charge is 0.232 e. The normalized spacial score (nSPS) is 21.4. The number of anilines is 1. The zero-order chi connectivity index (χ0) is 11.8. The van der Waals surface area contributed by atoms with Crippen LogP contribution >= 0.6 is 0 Å². The molecule has 1 aliphatic heterocycles. The van der Waals surface area contributed by atoms with Crippen LogP contribution in [0.4, 0.5) is 5.69 Å². The van der Waals surface area contributed by atoms with Crippen molar-refractivity contribution in [1.82, 2.24) is 0 Å². The van der Waals surface area contributed by atoms with Crippen molar-refractivity contribution in [3.63, 3.8) is 0 Å². The van der Waals surface area contributed by atoms with Gasteiger partial charge in [0.05, 0.1) is 11.9 Å². The van der Waals surface area contributed by atoms with Gasteiger partial charge in [-0.15, -0.1) is 0 Å². The summed E-state index contributed by atoms with van der Waals surface area (Å²) >= 11 is 0. The van der Waals surface area contributed by atoms with Crippen LogP contribution in [-0.4, -0.2) is 21.2 Å². The molecule has 1 aromatic rings. The van der Waals surface area contributed by atoms with Gasteiger partial charge in [0.15, 0.2) is 0 Å². The van der Waals surface area contributed by atoms with Crippen LogP contribution in [0.15, 0.2) is 24.3 Å². The van der Waals surface area contributed by atoms with Crippen molar-refractivity contribution in [2.45, 2.75) is 25.7 Å². The number of hydrogen-bond donors (Lipinski definition) is 0. The molecule has 0 saturated carbocycles. The highest BCUT2D eigenvalue weighted by Crippen LogP contribution is 2.34. The largest absolute Gasteiger partial charge is 0.270 e. The number of rotatable bonds is 1. The van der Waals surface area contributed by atoms with E-state index >= 15 is 0 Å². The van der Waals surface area contributed by atoms with E-state index in [0.29, 0.717) is 12.5 Å². The van der Waals surface area contributed by atoms with E-state index in [-0.39, 0.29) is 0 Å². The van der Waals surface area contributed by atoms with Gasteiger partial charge in [-0.1, -0.05) is 25.1 Å². The molecular formula is C12H17NO2S.